The summed E-state index contributed by atoms with van der Waals surface area (Å²) in [6, 6.07) is 6.30. The van der Waals surface area contributed by atoms with Crippen LogP contribution in [0.5, 0.6) is 0 Å². The first-order chi connectivity index (χ1) is 11.9. The molecule has 0 saturated carbocycles. The van der Waals surface area contributed by atoms with Crippen LogP contribution in [0.25, 0.3) is 12.2 Å². The quantitative estimate of drug-likeness (QED) is 0.717. The summed E-state index contributed by atoms with van der Waals surface area (Å²) in [5, 5.41) is 0. The summed E-state index contributed by atoms with van der Waals surface area (Å²) < 4.78 is 87.1. The van der Waals surface area contributed by atoms with Gasteiger partial charge in [-0.3, -0.25) is 0 Å². The molecule has 0 saturated heterocycles. The molecule has 10 heteroatoms. The lowest BCUT2D eigenvalue weighted by molar-refractivity contribution is 0.540. The van der Waals surface area contributed by atoms with Gasteiger partial charge in [-0.1, -0.05) is 18.2 Å². The largest absolute Gasteiger partial charge is 0.245 e. The molecule has 0 aromatic heterocycles. The average Bonchev–Trinajstić information content (AvgIpc) is 2.44. The van der Waals surface area contributed by atoms with Crippen LogP contribution in [0.15, 0.2) is 36.4 Å². The van der Waals surface area contributed by atoms with Gasteiger partial charge in [0.2, 0.25) is 20.0 Å². The Morgan fingerprint density at radius 3 is 1.69 bits per heavy atom. The van der Waals surface area contributed by atoms with Crippen molar-refractivity contribution >= 4 is 37.9 Å². The molecule has 0 atom stereocenters. The van der Waals surface area contributed by atoms with Gasteiger partial charge in [0, 0.05) is 17.7 Å². The third-order valence-electron chi connectivity index (χ3n) is 3.19. The van der Waals surface area contributed by atoms with E-state index in [9.17, 15) is 30.0 Å². The molecule has 140 valence electrons. The second-order valence-corrected chi connectivity index (χ2v) is 9.32. The fourth-order valence-electron chi connectivity index (χ4n) is 2.23. The van der Waals surface area contributed by atoms with Crippen LogP contribution in [0, 0.1) is 17.5 Å². The van der Waals surface area contributed by atoms with Crippen LogP contribution < -0.4 is 3.71 Å². The molecule has 2 aromatic rings. The Kier molecular flexibility index (Phi) is 5.47. The number of sulfonamides is 2. The lowest BCUT2D eigenvalue weighted by Crippen LogP contribution is -2.35. The van der Waals surface area contributed by atoms with Crippen molar-refractivity contribution in [3.8, 4) is 0 Å². The summed E-state index contributed by atoms with van der Waals surface area (Å²) in [4.78, 5) is 0. The van der Waals surface area contributed by atoms with E-state index in [4.69, 9.17) is 0 Å². The summed E-state index contributed by atoms with van der Waals surface area (Å²) in [6.45, 7) is 0. The molecule has 0 aliphatic rings. The van der Waals surface area contributed by atoms with E-state index in [0.717, 1.165) is 18.6 Å². The minimum absolute atomic E-state index is 0.105. The highest BCUT2D eigenvalue weighted by Gasteiger charge is 2.26. The van der Waals surface area contributed by atoms with Crippen LogP contribution in [-0.4, -0.2) is 29.3 Å². The molecule has 0 amide bonds. The first kappa shape index (κ1) is 20.0. The molecule has 2 rings (SSSR count). The highest BCUT2D eigenvalue weighted by molar-refractivity contribution is 8.09. The van der Waals surface area contributed by atoms with Crippen molar-refractivity contribution in [2.45, 2.75) is 0 Å². The monoisotopic (exact) mass is 405 g/mol. The molecule has 2 aromatic carbocycles. The highest BCUT2D eigenvalue weighted by Crippen LogP contribution is 2.23. The Balaban J connectivity index is 2.36. The molecule has 0 radical (unpaired) electrons. The third kappa shape index (κ3) is 4.64. The summed E-state index contributed by atoms with van der Waals surface area (Å²) in [6.07, 6.45) is 3.91. The minimum atomic E-state index is -4.07. The Morgan fingerprint density at radius 1 is 0.808 bits per heavy atom. The predicted molar refractivity (Wildman–Crippen MR) is 93.9 cm³/mol. The maximum Gasteiger partial charge on any atom is 0.245 e. The van der Waals surface area contributed by atoms with E-state index < -0.39 is 43.1 Å². The molecule has 0 fully saturated rings. The van der Waals surface area contributed by atoms with E-state index >= 15 is 0 Å². The van der Waals surface area contributed by atoms with Gasteiger partial charge in [0.1, 0.15) is 17.5 Å². The summed E-state index contributed by atoms with van der Waals surface area (Å²) in [5.41, 5.74) is -0.130. The van der Waals surface area contributed by atoms with Gasteiger partial charge < -0.3 is 0 Å². The van der Waals surface area contributed by atoms with E-state index in [1.54, 1.807) is 0 Å². The number of hydrogen-bond acceptors (Lipinski definition) is 4. The van der Waals surface area contributed by atoms with Crippen LogP contribution in [0.1, 0.15) is 11.1 Å². The molecule has 0 aliphatic heterocycles. The molecule has 0 aliphatic carbocycles. The molecule has 0 spiro atoms. The highest BCUT2D eigenvalue weighted by atomic mass is 32.3. The summed E-state index contributed by atoms with van der Waals surface area (Å²) >= 11 is 0. The zero-order chi connectivity index (χ0) is 19.7. The van der Waals surface area contributed by atoms with Crippen molar-refractivity contribution in [1.29, 1.82) is 0 Å². The van der Waals surface area contributed by atoms with Gasteiger partial charge in [0.25, 0.3) is 0 Å². The van der Waals surface area contributed by atoms with Crippen LogP contribution in [-0.2, 0) is 20.0 Å². The second-order valence-electron chi connectivity index (χ2n) is 5.43. The van der Waals surface area contributed by atoms with Gasteiger partial charge >= 0.3 is 0 Å². The standard InChI is InChI=1S/C16H14F3NO4S2/c1-25(21,22)20(26(2,23)24)13-6-3-11(4-7-13)5-8-14-15(18)9-12(17)10-16(14)19/h3-10H,1-2H3/b8-5+. The molecule has 5 nitrogen and oxygen atoms in total. The molecular weight excluding hydrogens is 391 g/mol. The zero-order valence-electron chi connectivity index (χ0n) is 13.6. The molecule has 0 heterocycles. The van der Waals surface area contributed by atoms with Crippen LogP contribution in [0.4, 0.5) is 18.9 Å². The third-order valence-corrected chi connectivity index (χ3v) is 6.44. The van der Waals surface area contributed by atoms with E-state index in [0.29, 0.717) is 17.7 Å². The second kappa shape index (κ2) is 7.12. The summed E-state index contributed by atoms with van der Waals surface area (Å²) in [5.74, 6) is -3.19. The maximum absolute atomic E-state index is 13.6. The molecule has 0 unspecified atom stereocenters. The molecular formula is C16H14F3NO4S2. The number of nitrogens with zero attached hydrogens (tertiary/aromatic N) is 1. The smallest absolute Gasteiger partial charge is 0.207 e. The van der Waals surface area contributed by atoms with Crippen molar-refractivity contribution in [3.63, 3.8) is 0 Å². The number of benzene rings is 2. The zero-order valence-corrected chi connectivity index (χ0v) is 15.3. The van der Waals surface area contributed by atoms with Gasteiger partial charge in [0.05, 0.1) is 18.2 Å². The Bertz CT molecular complexity index is 1010. The van der Waals surface area contributed by atoms with Crippen LogP contribution >= 0.6 is 0 Å². The number of anilines is 1. The van der Waals surface area contributed by atoms with E-state index in [2.05, 4.69) is 0 Å². The molecule has 0 N–H and O–H groups in total. The molecule has 0 bridgehead atoms. The van der Waals surface area contributed by atoms with Crippen molar-refractivity contribution in [2.75, 3.05) is 16.2 Å². The fourth-order valence-corrected chi connectivity index (χ4v) is 5.21. The Morgan fingerprint density at radius 2 is 1.27 bits per heavy atom. The van der Waals surface area contributed by atoms with Crippen molar-refractivity contribution in [2.24, 2.45) is 0 Å². The SMILES string of the molecule is CS(=O)(=O)N(c1ccc(/C=C/c2c(F)cc(F)cc2F)cc1)S(C)(=O)=O. The fraction of sp³-hybridized carbons (Fsp3) is 0.125. The van der Waals surface area contributed by atoms with Crippen molar-refractivity contribution in [1.82, 2.24) is 0 Å². The first-order valence-electron chi connectivity index (χ1n) is 7.03. The first-order valence-corrected chi connectivity index (χ1v) is 10.7. The van der Waals surface area contributed by atoms with E-state index in [1.165, 1.54) is 30.3 Å². The predicted octanol–water partition coefficient (Wildman–Crippen LogP) is 3.00. The van der Waals surface area contributed by atoms with Gasteiger partial charge in [-0.25, -0.2) is 30.0 Å². The maximum atomic E-state index is 13.6. The Labute approximate surface area is 149 Å². The summed E-state index contributed by atoms with van der Waals surface area (Å²) in [7, 11) is -8.13. The van der Waals surface area contributed by atoms with Gasteiger partial charge in [-0.05, 0) is 23.8 Å². The number of hydrogen-bond donors (Lipinski definition) is 0. The van der Waals surface area contributed by atoms with Gasteiger partial charge in [-0.15, -0.1) is 0 Å². The normalized spacial score (nSPS) is 12.5. The van der Waals surface area contributed by atoms with Crippen LogP contribution in [0.2, 0.25) is 0 Å². The van der Waals surface area contributed by atoms with Crippen molar-refractivity contribution in [3.05, 3.63) is 65.0 Å². The van der Waals surface area contributed by atoms with Crippen molar-refractivity contribution < 1.29 is 30.0 Å². The van der Waals surface area contributed by atoms with E-state index in [1.807, 2.05) is 0 Å². The average molecular weight is 405 g/mol. The minimum Gasteiger partial charge on any atom is -0.207 e. The van der Waals surface area contributed by atoms with Gasteiger partial charge in [0.15, 0.2) is 0 Å². The lowest BCUT2D eigenvalue weighted by atomic mass is 10.1. The van der Waals surface area contributed by atoms with E-state index in [-0.39, 0.29) is 9.40 Å². The molecule has 26 heavy (non-hydrogen) atoms. The number of rotatable bonds is 5. The Hall–Kier alpha value is -2.33. The lowest BCUT2D eigenvalue weighted by Gasteiger charge is -2.19. The van der Waals surface area contributed by atoms with Gasteiger partial charge in [-0.2, -0.15) is 3.71 Å². The number of halogens is 3. The van der Waals surface area contributed by atoms with Crippen LogP contribution in [0.3, 0.4) is 0 Å². The topological polar surface area (TPSA) is 71.5 Å².